The first kappa shape index (κ1) is 20.4. The molecule has 1 aliphatic rings. The minimum atomic E-state index is -0.964. The molecule has 2 aromatic heterocycles. The van der Waals surface area contributed by atoms with Gasteiger partial charge in [0.2, 0.25) is 5.28 Å². The molecular weight excluding hydrogens is 436 g/mol. The minimum Gasteiger partial charge on any atom is -0.496 e. The van der Waals surface area contributed by atoms with Crippen LogP contribution in [0.3, 0.4) is 0 Å². The molecule has 3 aromatic rings. The van der Waals surface area contributed by atoms with E-state index in [9.17, 15) is 9.18 Å². The number of fused-ring (bicyclic) bond motifs is 1. The maximum absolute atomic E-state index is 14.6. The van der Waals surface area contributed by atoms with E-state index in [4.69, 9.17) is 33.0 Å². The Morgan fingerprint density at radius 2 is 1.90 bits per heavy atom. The first-order valence-electron chi connectivity index (χ1n) is 8.98. The fourth-order valence-corrected chi connectivity index (χ4v) is 3.83. The van der Waals surface area contributed by atoms with Crippen molar-refractivity contribution < 1.29 is 19.0 Å². The van der Waals surface area contributed by atoms with E-state index in [1.807, 2.05) is 4.90 Å². The number of hydrogen-bond acceptors (Lipinski definition) is 6. The van der Waals surface area contributed by atoms with Crippen LogP contribution < -0.4 is 9.64 Å². The van der Waals surface area contributed by atoms with Crippen molar-refractivity contribution in [2.75, 3.05) is 38.2 Å². The monoisotopic (exact) mass is 451 g/mol. The van der Waals surface area contributed by atoms with Crippen molar-refractivity contribution in [3.05, 3.63) is 40.4 Å². The summed E-state index contributed by atoms with van der Waals surface area (Å²) in [6, 6.07) is 6.04. The number of carbonyl (C=O) groups is 1. The highest BCUT2D eigenvalue weighted by Gasteiger charge is 2.25. The van der Waals surface area contributed by atoms with E-state index < -0.39 is 11.9 Å². The standard InChI is InChI=1S/C19H16Cl2FN5O3/c1-30-13-4-2-3-12(22)14(13)15-11(20)9-10-16(23-15)24-18(21)25-17(10)26-5-7-27(8-6-26)19(28)29/h2-4,9H,5-8H2,1H3,(H,28,29). The van der Waals surface area contributed by atoms with E-state index in [0.717, 1.165) is 0 Å². The SMILES string of the molecule is COc1cccc(F)c1-c1nc2nc(Cl)nc(N3CCN(C(=O)O)CC3)c2cc1Cl. The molecule has 1 fully saturated rings. The third-order valence-electron chi connectivity index (χ3n) is 4.87. The molecule has 0 unspecified atom stereocenters. The zero-order valence-electron chi connectivity index (χ0n) is 15.8. The Balaban J connectivity index is 1.82. The second-order valence-corrected chi connectivity index (χ2v) is 7.33. The largest absolute Gasteiger partial charge is 0.496 e. The predicted octanol–water partition coefficient (Wildman–Crippen LogP) is 3.95. The summed E-state index contributed by atoms with van der Waals surface area (Å²) in [5.74, 6) is 0.249. The summed E-state index contributed by atoms with van der Waals surface area (Å²) in [5.41, 5.74) is 0.546. The Kier molecular flexibility index (Phi) is 5.48. The number of carboxylic acid groups (broad SMARTS) is 1. The summed E-state index contributed by atoms with van der Waals surface area (Å²) in [5, 5.41) is 9.85. The molecule has 4 rings (SSSR count). The molecule has 156 valence electrons. The summed E-state index contributed by atoms with van der Waals surface area (Å²) >= 11 is 12.6. The maximum atomic E-state index is 14.6. The average molecular weight is 452 g/mol. The molecule has 3 heterocycles. The van der Waals surface area contributed by atoms with Gasteiger partial charge in [0.25, 0.3) is 0 Å². The lowest BCUT2D eigenvalue weighted by molar-refractivity contribution is 0.142. The first-order chi connectivity index (χ1) is 14.4. The van der Waals surface area contributed by atoms with Crippen LogP contribution in [0.25, 0.3) is 22.3 Å². The third kappa shape index (κ3) is 3.66. The lowest BCUT2D eigenvalue weighted by atomic mass is 10.1. The predicted molar refractivity (Wildman–Crippen MR) is 111 cm³/mol. The third-order valence-corrected chi connectivity index (χ3v) is 5.33. The van der Waals surface area contributed by atoms with E-state index in [0.29, 0.717) is 37.4 Å². The summed E-state index contributed by atoms with van der Waals surface area (Å²) < 4.78 is 19.8. The Morgan fingerprint density at radius 3 is 2.57 bits per heavy atom. The van der Waals surface area contributed by atoms with Crippen molar-refractivity contribution in [2.24, 2.45) is 0 Å². The molecule has 0 aliphatic carbocycles. The first-order valence-corrected chi connectivity index (χ1v) is 9.74. The highest BCUT2D eigenvalue weighted by molar-refractivity contribution is 6.34. The van der Waals surface area contributed by atoms with Crippen LogP contribution in [-0.4, -0.2) is 64.3 Å². The number of methoxy groups -OCH3 is 1. The zero-order chi connectivity index (χ0) is 21.4. The van der Waals surface area contributed by atoms with Crippen LogP contribution in [-0.2, 0) is 0 Å². The lowest BCUT2D eigenvalue weighted by Gasteiger charge is -2.34. The van der Waals surface area contributed by atoms with E-state index in [1.165, 1.54) is 24.1 Å². The molecule has 1 aliphatic heterocycles. The molecule has 11 heteroatoms. The number of halogens is 3. The number of benzene rings is 1. The normalized spacial score (nSPS) is 14.3. The smallest absolute Gasteiger partial charge is 0.407 e. The Morgan fingerprint density at radius 1 is 1.17 bits per heavy atom. The van der Waals surface area contributed by atoms with Gasteiger partial charge in [-0.2, -0.15) is 9.97 Å². The summed E-state index contributed by atoms with van der Waals surface area (Å²) in [6.45, 7) is 1.50. The lowest BCUT2D eigenvalue weighted by Crippen LogP contribution is -2.48. The van der Waals surface area contributed by atoms with Gasteiger partial charge in [-0.3, -0.25) is 0 Å². The minimum absolute atomic E-state index is 0.0283. The molecule has 0 saturated carbocycles. The number of anilines is 1. The Labute approximate surface area is 180 Å². The van der Waals surface area contributed by atoms with E-state index >= 15 is 0 Å². The molecule has 1 aromatic carbocycles. The molecule has 30 heavy (non-hydrogen) atoms. The topological polar surface area (TPSA) is 91.7 Å². The average Bonchev–Trinajstić information content (AvgIpc) is 2.73. The van der Waals surface area contributed by atoms with Crippen LogP contribution in [0.1, 0.15) is 0 Å². The van der Waals surface area contributed by atoms with Gasteiger partial charge in [-0.05, 0) is 29.8 Å². The van der Waals surface area contributed by atoms with Gasteiger partial charge >= 0.3 is 6.09 Å². The quantitative estimate of drug-likeness (QED) is 0.602. The van der Waals surface area contributed by atoms with Crippen LogP contribution in [0, 0.1) is 5.82 Å². The Bertz CT molecular complexity index is 1140. The number of aromatic nitrogens is 3. The van der Waals surface area contributed by atoms with Crippen molar-refractivity contribution in [2.45, 2.75) is 0 Å². The van der Waals surface area contributed by atoms with Crippen molar-refractivity contribution in [3.63, 3.8) is 0 Å². The van der Waals surface area contributed by atoms with E-state index in [1.54, 1.807) is 12.1 Å². The number of amides is 1. The van der Waals surface area contributed by atoms with Crippen LogP contribution in [0.4, 0.5) is 15.0 Å². The molecular formula is C19H16Cl2FN5O3. The fraction of sp³-hybridized carbons (Fsp3) is 0.263. The summed E-state index contributed by atoms with van der Waals surface area (Å²) in [6.07, 6.45) is -0.964. The maximum Gasteiger partial charge on any atom is 0.407 e. The van der Waals surface area contributed by atoms with Crippen LogP contribution in [0.15, 0.2) is 24.3 Å². The number of hydrogen-bond donors (Lipinski definition) is 1. The molecule has 1 saturated heterocycles. The second-order valence-electron chi connectivity index (χ2n) is 6.58. The molecule has 0 spiro atoms. The van der Waals surface area contributed by atoms with Crippen LogP contribution in [0.5, 0.6) is 5.75 Å². The van der Waals surface area contributed by atoms with E-state index in [2.05, 4.69) is 15.0 Å². The highest BCUT2D eigenvalue weighted by Crippen LogP contribution is 2.38. The highest BCUT2D eigenvalue weighted by atomic mass is 35.5. The number of nitrogens with zero attached hydrogens (tertiary/aromatic N) is 5. The van der Waals surface area contributed by atoms with Crippen molar-refractivity contribution in [3.8, 4) is 17.0 Å². The van der Waals surface area contributed by atoms with Gasteiger partial charge in [0.05, 0.1) is 28.8 Å². The summed E-state index contributed by atoms with van der Waals surface area (Å²) in [7, 11) is 1.43. The summed E-state index contributed by atoms with van der Waals surface area (Å²) in [4.78, 5) is 27.3. The number of piperazine rings is 1. The number of pyridine rings is 1. The van der Waals surface area contributed by atoms with Gasteiger partial charge in [-0.1, -0.05) is 17.7 Å². The van der Waals surface area contributed by atoms with Crippen molar-refractivity contribution in [1.29, 1.82) is 0 Å². The van der Waals surface area contributed by atoms with E-state index in [-0.39, 0.29) is 33.0 Å². The fourth-order valence-electron chi connectivity index (χ4n) is 3.42. The molecule has 0 radical (unpaired) electrons. The van der Waals surface area contributed by atoms with Crippen molar-refractivity contribution in [1.82, 2.24) is 19.9 Å². The van der Waals surface area contributed by atoms with Gasteiger partial charge in [0, 0.05) is 26.2 Å². The van der Waals surface area contributed by atoms with Gasteiger partial charge in [0.15, 0.2) is 5.65 Å². The molecule has 8 nitrogen and oxygen atoms in total. The van der Waals surface area contributed by atoms with Gasteiger partial charge in [-0.15, -0.1) is 0 Å². The van der Waals surface area contributed by atoms with Crippen LogP contribution >= 0.6 is 23.2 Å². The Hall–Kier alpha value is -2.91. The van der Waals surface area contributed by atoms with Gasteiger partial charge in [0.1, 0.15) is 17.4 Å². The second kappa shape index (κ2) is 8.08. The molecule has 1 amide bonds. The van der Waals surface area contributed by atoms with Gasteiger partial charge < -0.3 is 19.6 Å². The van der Waals surface area contributed by atoms with Crippen LogP contribution in [0.2, 0.25) is 10.3 Å². The van der Waals surface area contributed by atoms with Crippen molar-refractivity contribution >= 4 is 46.1 Å². The molecule has 1 N–H and O–H groups in total. The molecule has 0 bridgehead atoms. The number of rotatable bonds is 3. The molecule has 0 atom stereocenters. The van der Waals surface area contributed by atoms with Gasteiger partial charge in [-0.25, -0.2) is 14.2 Å². The number of ether oxygens (including phenoxy) is 1. The zero-order valence-corrected chi connectivity index (χ0v) is 17.3.